The van der Waals surface area contributed by atoms with Crippen molar-refractivity contribution in [2.75, 3.05) is 26.7 Å². The normalized spacial score (nSPS) is 17.7. The van der Waals surface area contributed by atoms with Gasteiger partial charge in [-0.15, -0.1) is 11.3 Å². The summed E-state index contributed by atoms with van der Waals surface area (Å²) in [5.74, 6) is -1.44. The second-order valence-electron chi connectivity index (χ2n) is 4.11. The maximum Gasteiger partial charge on any atom is 0.345 e. The summed E-state index contributed by atoms with van der Waals surface area (Å²) in [6.45, 7) is 0.327. The molecule has 0 atom stereocenters. The summed E-state index contributed by atoms with van der Waals surface area (Å²) in [7, 11) is -2.19. The van der Waals surface area contributed by atoms with E-state index in [2.05, 4.69) is 0 Å². The molecule has 0 aromatic carbocycles. The molecule has 1 fully saturated rings. The molecule has 19 heavy (non-hydrogen) atoms. The van der Waals surface area contributed by atoms with Crippen molar-refractivity contribution in [3.8, 4) is 0 Å². The van der Waals surface area contributed by atoms with Crippen LogP contribution in [-0.4, -0.2) is 61.3 Å². The van der Waals surface area contributed by atoms with Gasteiger partial charge in [-0.3, -0.25) is 4.79 Å². The van der Waals surface area contributed by atoms with Crippen molar-refractivity contribution in [3.05, 3.63) is 16.3 Å². The van der Waals surface area contributed by atoms with Crippen molar-refractivity contribution in [1.82, 2.24) is 9.21 Å². The first kappa shape index (κ1) is 14.0. The number of amides is 1. The predicted molar refractivity (Wildman–Crippen MR) is 67.7 cm³/mol. The molecule has 1 N–H and O–H groups in total. The van der Waals surface area contributed by atoms with Crippen molar-refractivity contribution in [2.24, 2.45) is 0 Å². The molecule has 0 spiro atoms. The molecule has 1 aliphatic rings. The third-order valence-electron chi connectivity index (χ3n) is 2.85. The molecule has 0 saturated carbocycles. The topological polar surface area (TPSA) is 95.0 Å². The third kappa shape index (κ3) is 2.62. The number of rotatable bonds is 3. The van der Waals surface area contributed by atoms with E-state index >= 15 is 0 Å². The van der Waals surface area contributed by atoms with Crippen LogP contribution in [0.2, 0.25) is 0 Å². The lowest BCUT2D eigenvalue weighted by molar-refractivity contribution is -0.132. The van der Waals surface area contributed by atoms with Crippen LogP contribution in [0.25, 0.3) is 0 Å². The zero-order chi connectivity index (χ0) is 14.2. The van der Waals surface area contributed by atoms with Gasteiger partial charge in [0, 0.05) is 25.5 Å². The van der Waals surface area contributed by atoms with Crippen LogP contribution in [-0.2, 0) is 14.8 Å². The van der Waals surface area contributed by atoms with Crippen molar-refractivity contribution in [3.63, 3.8) is 0 Å². The number of hydrogen-bond donors (Lipinski definition) is 1. The Morgan fingerprint density at radius 2 is 2.11 bits per heavy atom. The average Bonchev–Trinajstić information content (AvgIpc) is 2.82. The van der Waals surface area contributed by atoms with E-state index in [0.29, 0.717) is 6.54 Å². The highest BCUT2D eigenvalue weighted by atomic mass is 32.2. The molecule has 2 rings (SSSR count). The van der Waals surface area contributed by atoms with E-state index in [-0.39, 0.29) is 28.8 Å². The van der Waals surface area contributed by atoms with E-state index in [1.54, 1.807) is 7.05 Å². The van der Waals surface area contributed by atoms with Crippen LogP contribution in [0.3, 0.4) is 0 Å². The van der Waals surface area contributed by atoms with E-state index < -0.39 is 16.0 Å². The molecule has 1 saturated heterocycles. The summed E-state index contributed by atoms with van der Waals surface area (Å²) in [4.78, 5) is 23.6. The highest BCUT2D eigenvalue weighted by Gasteiger charge is 2.32. The Balaban J connectivity index is 2.27. The van der Waals surface area contributed by atoms with Crippen molar-refractivity contribution in [1.29, 1.82) is 0 Å². The minimum atomic E-state index is -3.80. The van der Waals surface area contributed by atoms with Gasteiger partial charge in [0.1, 0.15) is 4.88 Å². The van der Waals surface area contributed by atoms with Gasteiger partial charge in [0.05, 0.1) is 11.4 Å². The van der Waals surface area contributed by atoms with Gasteiger partial charge in [0.2, 0.25) is 15.9 Å². The quantitative estimate of drug-likeness (QED) is 0.842. The summed E-state index contributed by atoms with van der Waals surface area (Å²) in [5, 5.41) is 10.1. The third-order valence-corrected chi connectivity index (χ3v) is 5.74. The summed E-state index contributed by atoms with van der Waals surface area (Å²) < 4.78 is 25.6. The van der Waals surface area contributed by atoms with Crippen LogP contribution >= 0.6 is 11.3 Å². The van der Waals surface area contributed by atoms with Gasteiger partial charge in [-0.1, -0.05) is 0 Å². The van der Waals surface area contributed by atoms with Gasteiger partial charge in [-0.25, -0.2) is 13.2 Å². The highest BCUT2D eigenvalue weighted by molar-refractivity contribution is 7.89. The lowest BCUT2D eigenvalue weighted by atomic mass is 10.4. The Labute approximate surface area is 114 Å². The fourth-order valence-corrected chi connectivity index (χ4v) is 4.14. The van der Waals surface area contributed by atoms with Gasteiger partial charge in [0.25, 0.3) is 0 Å². The molecule has 0 radical (unpaired) electrons. The predicted octanol–water partition coefficient (Wildman–Crippen LogP) is -0.0910. The Morgan fingerprint density at radius 1 is 1.42 bits per heavy atom. The Hall–Kier alpha value is -1.45. The molecule has 1 aromatic rings. The van der Waals surface area contributed by atoms with Crippen LogP contribution in [0.4, 0.5) is 0 Å². The number of sulfonamides is 1. The number of nitrogens with zero attached hydrogens (tertiary/aromatic N) is 2. The van der Waals surface area contributed by atoms with Gasteiger partial charge in [-0.2, -0.15) is 4.31 Å². The molecule has 1 aromatic heterocycles. The zero-order valence-electron chi connectivity index (χ0n) is 10.1. The molecule has 9 heteroatoms. The number of carboxylic acids is 1. The molecule has 1 aliphatic heterocycles. The fraction of sp³-hybridized carbons (Fsp3) is 0.400. The van der Waals surface area contributed by atoms with Crippen LogP contribution in [0.15, 0.2) is 16.3 Å². The smallest absolute Gasteiger partial charge is 0.345 e. The van der Waals surface area contributed by atoms with Crippen LogP contribution < -0.4 is 0 Å². The van der Waals surface area contributed by atoms with Crippen LogP contribution in [0.5, 0.6) is 0 Å². The largest absolute Gasteiger partial charge is 0.477 e. The van der Waals surface area contributed by atoms with E-state index in [1.165, 1.54) is 10.3 Å². The first-order valence-electron chi connectivity index (χ1n) is 5.38. The zero-order valence-corrected chi connectivity index (χ0v) is 11.7. The Morgan fingerprint density at radius 3 is 2.63 bits per heavy atom. The molecule has 0 bridgehead atoms. The minimum Gasteiger partial charge on any atom is -0.477 e. The number of thiophene rings is 1. The fourth-order valence-electron chi connectivity index (χ4n) is 1.66. The lowest BCUT2D eigenvalue weighted by Gasteiger charge is -2.30. The minimum absolute atomic E-state index is 0.0426. The van der Waals surface area contributed by atoms with Crippen molar-refractivity contribution in [2.45, 2.75) is 4.90 Å². The summed E-state index contributed by atoms with van der Waals surface area (Å²) in [5.41, 5.74) is 0. The number of aromatic carboxylic acids is 1. The Kier molecular flexibility index (Phi) is 3.61. The number of carbonyl (C=O) groups excluding carboxylic acids is 1. The molecule has 2 heterocycles. The first-order valence-corrected chi connectivity index (χ1v) is 7.70. The number of piperazine rings is 1. The number of likely N-dealkylation sites (N-methyl/N-ethyl adjacent to an activating group) is 1. The molecule has 1 amide bonds. The van der Waals surface area contributed by atoms with E-state index in [4.69, 9.17) is 5.11 Å². The van der Waals surface area contributed by atoms with Gasteiger partial charge < -0.3 is 10.0 Å². The molecule has 0 unspecified atom stereocenters. The standard InChI is InChI=1S/C10H12N2O5S2/c1-11-2-3-12(5-9(11)13)19(16,17)7-4-8(10(14)15)18-6-7/h4,6H,2-3,5H2,1H3,(H,14,15). The second-order valence-corrected chi connectivity index (χ2v) is 6.95. The number of carboxylic acid groups (broad SMARTS) is 1. The summed E-state index contributed by atoms with van der Waals surface area (Å²) in [6, 6.07) is 1.12. The summed E-state index contributed by atoms with van der Waals surface area (Å²) in [6.07, 6.45) is 0. The monoisotopic (exact) mass is 304 g/mol. The van der Waals surface area contributed by atoms with E-state index in [1.807, 2.05) is 0 Å². The maximum absolute atomic E-state index is 12.2. The Bertz CT molecular complexity index is 622. The molecular weight excluding hydrogens is 292 g/mol. The van der Waals surface area contributed by atoms with Gasteiger partial charge >= 0.3 is 5.97 Å². The van der Waals surface area contributed by atoms with E-state index in [9.17, 15) is 18.0 Å². The molecular formula is C10H12N2O5S2. The average molecular weight is 304 g/mol. The number of hydrogen-bond acceptors (Lipinski definition) is 5. The second kappa shape index (κ2) is 4.91. The maximum atomic E-state index is 12.2. The first-order chi connectivity index (χ1) is 8.82. The van der Waals surface area contributed by atoms with Crippen LogP contribution in [0, 0.1) is 0 Å². The molecule has 104 valence electrons. The molecule has 0 aliphatic carbocycles. The van der Waals surface area contributed by atoms with E-state index in [0.717, 1.165) is 21.7 Å². The van der Waals surface area contributed by atoms with Crippen molar-refractivity contribution < 1.29 is 23.1 Å². The number of carbonyl (C=O) groups is 2. The van der Waals surface area contributed by atoms with Gasteiger partial charge in [0.15, 0.2) is 0 Å². The van der Waals surface area contributed by atoms with Gasteiger partial charge in [-0.05, 0) is 6.07 Å². The lowest BCUT2D eigenvalue weighted by Crippen LogP contribution is -2.50. The molecule has 7 nitrogen and oxygen atoms in total. The SMILES string of the molecule is CN1CCN(S(=O)(=O)c2csc(C(=O)O)c2)CC1=O. The highest BCUT2D eigenvalue weighted by Crippen LogP contribution is 2.23. The summed E-state index contributed by atoms with van der Waals surface area (Å²) >= 11 is 0.849. The van der Waals surface area contributed by atoms with Crippen LogP contribution in [0.1, 0.15) is 9.67 Å². The van der Waals surface area contributed by atoms with Crippen molar-refractivity contribution >= 4 is 33.2 Å².